The lowest BCUT2D eigenvalue weighted by atomic mass is 10.2. The second-order valence-electron chi connectivity index (χ2n) is 6.57. The van der Waals surface area contributed by atoms with Gasteiger partial charge in [-0.15, -0.1) is 0 Å². The standard InChI is InChI=1S/C19H26N2O3/c1-2-18(22)21-13-5-6-16(21)14-24-17-9-7-15(8-10-17)19(23)20-11-3-4-12-20/h7-10,16H,2-6,11-14H2,1H3. The van der Waals surface area contributed by atoms with Crippen molar-refractivity contribution in [3.63, 3.8) is 0 Å². The van der Waals surface area contributed by atoms with Gasteiger partial charge in [-0.3, -0.25) is 9.59 Å². The highest BCUT2D eigenvalue weighted by molar-refractivity contribution is 5.94. The van der Waals surface area contributed by atoms with E-state index >= 15 is 0 Å². The molecule has 0 N–H and O–H groups in total. The molecule has 5 nitrogen and oxygen atoms in total. The summed E-state index contributed by atoms with van der Waals surface area (Å²) in [5.74, 6) is 1.06. The average Bonchev–Trinajstić information content (AvgIpc) is 3.30. The Morgan fingerprint density at radius 1 is 1.08 bits per heavy atom. The van der Waals surface area contributed by atoms with E-state index in [4.69, 9.17) is 4.74 Å². The molecule has 1 unspecified atom stereocenters. The van der Waals surface area contributed by atoms with Crippen LogP contribution in [-0.2, 0) is 4.79 Å². The largest absolute Gasteiger partial charge is 0.491 e. The lowest BCUT2D eigenvalue weighted by Gasteiger charge is -2.24. The number of rotatable bonds is 5. The maximum absolute atomic E-state index is 12.3. The van der Waals surface area contributed by atoms with Crippen LogP contribution in [0, 0.1) is 0 Å². The summed E-state index contributed by atoms with van der Waals surface area (Å²) in [5.41, 5.74) is 0.716. The molecule has 1 aromatic carbocycles. The fourth-order valence-corrected chi connectivity index (χ4v) is 3.53. The van der Waals surface area contributed by atoms with Crippen LogP contribution >= 0.6 is 0 Å². The van der Waals surface area contributed by atoms with Crippen LogP contribution < -0.4 is 4.74 Å². The lowest BCUT2D eigenvalue weighted by molar-refractivity contribution is -0.132. The molecule has 2 amide bonds. The Bertz CT molecular complexity index is 579. The van der Waals surface area contributed by atoms with E-state index in [2.05, 4.69) is 0 Å². The molecule has 24 heavy (non-hydrogen) atoms. The highest BCUT2D eigenvalue weighted by Crippen LogP contribution is 2.21. The van der Waals surface area contributed by atoms with Crippen molar-refractivity contribution < 1.29 is 14.3 Å². The Balaban J connectivity index is 1.54. The highest BCUT2D eigenvalue weighted by Gasteiger charge is 2.28. The summed E-state index contributed by atoms with van der Waals surface area (Å²) in [7, 11) is 0. The molecular formula is C19H26N2O3. The minimum atomic E-state index is 0.106. The monoisotopic (exact) mass is 330 g/mol. The van der Waals surface area contributed by atoms with Gasteiger partial charge in [-0.2, -0.15) is 0 Å². The fourth-order valence-electron chi connectivity index (χ4n) is 3.53. The van der Waals surface area contributed by atoms with E-state index in [-0.39, 0.29) is 17.9 Å². The van der Waals surface area contributed by atoms with Crippen molar-refractivity contribution in [1.82, 2.24) is 9.80 Å². The summed E-state index contributed by atoms with van der Waals surface area (Å²) >= 11 is 0. The Kier molecular flexibility index (Phi) is 5.38. The SMILES string of the molecule is CCC(=O)N1CCCC1COc1ccc(C(=O)N2CCCC2)cc1. The molecule has 1 aromatic rings. The molecule has 2 aliphatic rings. The molecule has 0 saturated carbocycles. The first kappa shape index (κ1) is 16.8. The summed E-state index contributed by atoms with van der Waals surface area (Å²) in [5, 5.41) is 0. The van der Waals surface area contributed by atoms with E-state index in [1.807, 2.05) is 41.0 Å². The van der Waals surface area contributed by atoms with Gasteiger partial charge < -0.3 is 14.5 Å². The van der Waals surface area contributed by atoms with Crippen molar-refractivity contribution in [2.75, 3.05) is 26.2 Å². The molecule has 0 aliphatic carbocycles. The summed E-state index contributed by atoms with van der Waals surface area (Å²) in [6.45, 7) is 4.98. The molecule has 0 aromatic heterocycles. The summed E-state index contributed by atoms with van der Waals surface area (Å²) < 4.78 is 5.86. The summed E-state index contributed by atoms with van der Waals surface area (Å²) in [6, 6.07) is 7.54. The second kappa shape index (κ2) is 7.69. The molecule has 130 valence electrons. The van der Waals surface area contributed by atoms with Crippen LogP contribution in [0.3, 0.4) is 0 Å². The Hall–Kier alpha value is -2.04. The van der Waals surface area contributed by atoms with Crippen LogP contribution in [0.15, 0.2) is 24.3 Å². The molecule has 2 fully saturated rings. The first-order valence-corrected chi connectivity index (χ1v) is 9.00. The molecule has 5 heteroatoms. The summed E-state index contributed by atoms with van der Waals surface area (Å²) in [4.78, 5) is 28.1. The van der Waals surface area contributed by atoms with E-state index in [0.717, 1.165) is 51.1 Å². The number of hydrogen-bond acceptors (Lipinski definition) is 3. The third-order valence-electron chi connectivity index (χ3n) is 4.94. The Morgan fingerprint density at radius 2 is 1.79 bits per heavy atom. The third-order valence-corrected chi connectivity index (χ3v) is 4.94. The van der Waals surface area contributed by atoms with Gasteiger partial charge in [-0.05, 0) is 49.9 Å². The zero-order chi connectivity index (χ0) is 16.9. The van der Waals surface area contributed by atoms with E-state index in [1.54, 1.807) is 0 Å². The van der Waals surface area contributed by atoms with Gasteiger partial charge in [0.15, 0.2) is 0 Å². The minimum Gasteiger partial charge on any atom is -0.491 e. The molecular weight excluding hydrogens is 304 g/mol. The number of carbonyl (C=O) groups excluding carboxylic acids is 2. The van der Waals surface area contributed by atoms with Crippen molar-refractivity contribution in [3.8, 4) is 5.75 Å². The van der Waals surface area contributed by atoms with Crippen molar-refractivity contribution in [3.05, 3.63) is 29.8 Å². The topological polar surface area (TPSA) is 49.9 Å². The predicted octanol–water partition coefficient (Wildman–Crippen LogP) is 2.70. The fraction of sp³-hybridized carbons (Fsp3) is 0.579. The molecule has 0 bridgehead atoms. The molecule has 2 aliphatic heterocycles. The molecule has 3 rings (SSSR count). The van der Waals surface area contributed by atoms with Gasteiger partial charge in [-0.1, -0.05) is 6.92 Å². The van der Waals surface area contributed by atoms with Gasteiger partial charge >= 0.3 is 0 Å². The van der Waals surface area contributed by atoms with Gasteiger partial charge in [0.2, 0.25) is 5.91 Å². The second-order valence-corrected chi connectivity index (χ2v) is 6.57. The zero-order valence-corrected chi connectivity index (χ0v) is 14.4. The normalized spacial score (nSPS) is 20.5. The van der Waals surface area contributed by atoms with Crippen LogP contribution in [0.4, 0.5) is 0 Å². The first-order valence-electron chi connectivity index (χ1n) is 9.00. The Labute approximate surface area is 143 Å². The molecule has 0 radical (unpaired) electrons. The summed E-state index contributed by atoms with van der Waals surface area (Å²) in [6.07, 6.45) is 4.78. The van der Waals surface area contributed by atoms with Gasteiger partial charge in [0.1, 0.15) is 12.4 Å². The number of nitrogens with zero attached hydrogens (tertiary/aromatic N) is 2. The van der Waals surface area contributed by atoms with Crippen molar-refractivity contribution in [2.45, 2.75) is 45.1 Å². The highest BCUT2D eigenvalue weighted by atomic mass is 16.5. The number of benzene rings is 1. The number of amides is 2. The van der Waals surface area contributed by atoms with Crippen molar-refractivity contribution in [2.24, 2.45) is 0 Å². The van der Waals surface area contributed by atoms with Crippen LogP contribution in [0.25, 0.3) is 0 Å². The van der Waals surface area contributed by atoms with Gasteiger partial charge in [0.25, 0.3) is 5.91 Å². The molecule has 0 spiro atoms. The first-order chi connectivity index (χ1) is 11.7. The van der Waals surface area contributed by atoms with E-state index in [0.29, 0.717) is 18.6 Å². The molecule has 2 heterocycles. The minimum absolute atomic E-state index is 0.106. The lowest BCUT2D eigenvalue weighted by Crippen LogP contribution is -2.38. The zero-order valence-electron chi connectivity index (χ0n) is 14.4. The number of hydrogen-bond donors (Lipinski definition) is 0. The smallest absolute Gasteiger partial charge is 0.253 e. The van der Waals surface area contributed by atoms with Crippen molar-refractivity contribution in [1.29, 1.82) is 0 Å². The predicted molar refractivity (Wildman–Crippen MR) is 92.1 cm³/mol. The molecule has 1 atom stereocenters. The van der Waals surface area contributed by atoms with E-state index in [9.17, 15) is 9.59 Å². The van der Waals surface area contributed by atoms with E-state index < -0.39 is 0 Å². The number of ether oxygens (including phenoxy) is 1. The van der Waals surface area contributed by atoms with E-state index in [1.165, 1.54) is 0 Å². The van der Waals surface area contributed by atoms with Gasteiger partial charge in [0.05, 0.1) is 6.04 Å². The maximum atomic E-state index is 12.3. The maximum Gasteiger partial charge on any atom is 0.253 e. The molecule has 2 saturated heterocycles. The number of likely N-dealkylation sites (tertiary alicyclic amines) is 2. The van der Waals surface area contributed by atoms with Crippen molar-refractivity contribution >= 4 is 11.8 Å². The Morgan fingerprint density at radius 3 is 2.46 bits per heavy atom. The van der Waals surface area contributed by atoms with Crippen LogP contribution in [-0.4, -0.2) is 53.9 Å². The van der Waals surface area contributed by atoms with Gasteiger partial charge in [0, 0.05) is 31.6 Å². The van der Waals surface area contributed by atoms with Crippen LogP contribution in [0.5, 0.6) is 5.75 Å². The quantitative estimate of drug-likeness (QED) is 0.834. The third kappa shape index (κ3) is 3.71. The number of carbonyl (C=O) groups is 2. The van der Waals surface area contributed by atoms with Crippen LogP contribution in [0.2, 0.25) is 0 Å². The van der Waals surface area contributed by atoms with Gasteiger partial charge in [-0.25, -0.2) is 0 Å². The van der Waals surface area contributed by atoms with Crippen LogP contribution in [0.1, 0.15) is 49.4 Å². The average molecular weight is 330 g/mol.